The van der Waals surface area contributed by atoms with E-state index >= 15 is 0 Å². The van der Waals surface area contributed by atoms with Crippen LogP contribution in [-0.2, 0) is 14.6 Å². The van der Waals surface area contributed by atoms with Gasteiger partial charge in [0.05, 0.1) is 27.3 Å². The van der Waals surface area contributed by atoms with Crippen LogP contribution < -0.4 is 10.6 Å². The molecule has 0 aromatic carbocycles. The molecule has 0 amide bonds. The van der Waals surface area contributed by atoms with E-state index in [1.54, 1.807) is 0 Å². The number of likely N-dealkylation sites (N-methyl/N-ethyl adjacent to an activating group) is 1. The average Bonchev–Trinajstić information content (AvgIpc) is 2.05. The minimum atomic E-state index is -4.41. The summed E-state index contributed by atoms with van der Waals surface area (Å²) in [6.07, 6.45) is 0. The standard InChI is InChI=1S/C5H14N2O.CH4O4S/c1-7(3-2-6)4-5-8;1-5-6(2,3)4/h8H,2-6H2,1H3;1H3,(H,2,3,4). The number of nitrogens with one attached hydrogen (secondary N) is 1. The number of nitrogens with two attached hydrogens (primary N) is 1. The van der Waals surface area contributed by atoms with Crippen LogP contribution in [0.3, 0.4) is 0 Å². The van der Waals surface area contributed by atoms with Crippen LogP contribution in [0.25, 0.3) is 0 Å². The van der Waals surface area contributed by atoms with Crippen molar-refractivity contribution in [1.82, 2.24) is 0 Å². The number of hydrogen-bond donors (Lipinski definition) is 3. The first-order chi connectivity index (χ1) is 6.37. The maximum atomic E-state index is 9.22. The number of quaternary nitrogens is 1. The Morgan fingerprint density at radius 3 is 2.14 bits per heavy atom. The summed E-state index contributed by atoms with van der Waals surface area (Å²) < 4.78 is 31.0. The van der Waals surface area contributed by atoms with Crippen molar-refractivity contribution in [2.45, 2.75) is 0 Å². The number of aliphatic hydroxyl groups is 1. The molecule has 0 rings (SSSR count). The van der Waals surface area contributed by atoms with Crippen molar-refractivity contribution in [2.24, 2.45) is 5.73 Å². The highest BCUT2D eigenvalue weighted by Crippen LogP contribution is 1.74. The lowest BCUT2D eigenvalue weighted by Crippen LogP contribution is -3.10. The minimum Gasteiger partial charge on any atom is -0.726 e. The molecule has 8 heteroatoms. The Bertz CT molecular complexity index is 200. The summed E-state index contributed by atoms with van der Waals surface area (Å²) in [6.45, 7) is 2.70. The fourth-order valence-corrected chi connectivity index (χ4v) is 0.562. The molecule has 0 fully saturated rings. The van der Waals surface area contributed by atoms with Gasteiger partial charge in [0.2, 0.25) is 10.4 Å². The molecule has 0 spiro atoms. The van der Waals surface area contributed by atoms with Crippen LogP contribution in [0, 0.1) is 0 Å². The molecule has 0 saturated carbocycles. The van der Waals surface area contributed by atoms with Crippen LogP contribution in [0.1, 0.15) is 0 Å². The van der Waals surface area contributed by atoms with Crippen molar-refractivity contribution in [3.8, 4) is 0 Å². The summed E-state index contributed by atoms with van der Waals surface area (Å²) in [4.78, 5) is 1.29. The first-order valence-electron chi connectivity index (χ1n) is 4.01. The maximum Gasteiger partial charge on any atom is 0.217 e. The summed E-state index contributed by atoms with van der Waals surface area (Å²) in [5.41, 5.74) is 5.26. The number of aliphatic hydroxyl groups excluding tert-OH is 1. The van der Waals surface area contributed by atoms with Gasteiger partial charge in [-0.3, -0.25) is 4.18 Å². The Balaban J connectivity index is 0. The van der Waals surface area contributed by atoms with Gasteiger partial charge in [0.1, 0.15) is 6.54 Å². The second-order valence-electron chi connectivity index (χ2n) is 2.54. The van der Waals surface area contributed by atoms with E-state index in [0.717, 1.165) is 20.2 Å². The maximum absolute atomic E-state index is 9.22. The van der Waals surface area contributed by atoms with E-state index in [2.05, 4.69) is 4.18 Å². The minimum absolute atomic E-state index is 0.256. The lowest BCUT2D eigenvalue weighted by atomic mass is 10.5. The molecule has 4 N–H and O–H groups in total. The molecule has 1 atom stereocenters. The zero-order chi connectivity index (χ0) is 11.6. The van der Waals surface area contributed by atoms with Gasteiger partial charge in [0.25, 0.3) is 0 Å². The highest BCUT2D eigenvalue weighted by atomic mass is 32.3. The van der Waals surface area contributed by atoms with Crippen LogP contribution in [0.5, 0.6) is 0 Å². The molecule has 0 aliphatic heterocycles. The Hall–Kier alpha value is -0.250. The van der Waals surface area contributed by atoms with Crippen LogP contribution in [0.15, 0.2) is 0 Å². The predicted octanol–water partition coefficient (Wildman–Crippen LogP) is -3.45. The van der Waals surface area contributed by atoms with E-state index in [9.17, 15) is 13.0 Å². The van der Waals surface area contributed by atoms with Gasteiger partial charge >= 0.3 is 0 Å². The van der Waals surface area contributed by atoms with E-state index in [0.29, 0.717) is 6.54 Å². The lowest BCUT2D eigenvalue weighted by Gasteiger charge is -2.09. The van der Waals surface area contributed by atoms with E-state index in [1.807, 2.05) is 7.05 Å². The highest BCUT2D eigenvalue weighted by Gasteiger charge is 1.94. The normalized spacial score (nSPS) is 12.9. The van der Waals surface area contributed by atoms with Crippen molar-refractivity contribution in [1.29, 1.82) is 0 Å². The van der Waals surface area contributed by atoms with Crippen molar-refractivity contribution in [3.63, 3.8) is 0 Å². The van der Waals surface area contributed by atoms with Crippen LogP contribution in [0.2, 0.25) is 0 Å². The molecule has 0 saturated heterocycles. The van der Waals surface area contributed by atoms with Gasteiger partial charge in [-0.05, 0) is 0 Å². The first-order valence-corrected chi connectivity index (χ1v) is 5.34. The van der Waals surface area contributed by atoms with Crippen molar-refractivity contribution < 1.29 is 27.2 Å². The van der Waals surface area contributed by atoms with Gasteiger partial charge in [-0.15, -0.1) is 0 Å². The van der Waals surface area contributed by atoms with Crippen molar-refractivity contribution in [3.05, 3.63) is 0 Å². The fraction of sp³-hybridized carbons (Fsp3) is 1.00. The Kier molecular flexibility index (Phi) is 10.8. The largest absolute Gasteiger partial charge is 0.726 e. The summed E-state index contributed by atoms with van der Waals surface area (Å²) in [5, 5.41) is 8.40. The molecule has 14 heavy (non-hydrogen) atoms. The van der Waals surface area contributed by atoms with E-state index in [1.165, 1.54) is 4.90 Å². The topological polar surface area (TPSA) is 117 Å². The third-order valence-electron chi connectivity index (χ3n) is 1.31. The monoisotopic (exact) mass is 230 g/mol. The van der Waals surface area contributed by atoms with Gasteiger partial charge in [-0.2, -0.15) is 0 Å². The Morgan fingerprint density at radius 2 is 1.93 bits per heavy atom. The van der Waals surface area contributed by atoms with E-state index < -0.39 is 10.4 Å². The molecule has 0 aromatic rings. The van der Waals surface area contributed by atoms with Gasteiger partial charge in [0.15, 0.2) is 0 Å². The highest BCUT2D eigenvalue weighted by molar-refractivity contribution is 7.80. The van der Waals surface area contributed by atoms with Gasteiger partial charge in [-0.1, -0.05) is 0 Å². The summed E-state index contributed by atoms with van der Waals surface area (Å²) in [5.74, 6) is 0. The fourth-order valence-electron chi connectivity index (χ4n) is 0.562. The van der Waals surface area contributed by atoms with Gasteiger partial charge in [0, 0.05) is 6.54 Å². The second kappa shape index (κ2) is 9.31. The molecule has 0 bridgehead atoms. The molecular formula is C6H18N2O5S. The van der Waals surface area contributed by atoms with Crippen molar-refractivity contribution >= 4 is 10.4 Å². The Morgan fingerprint density at radius 1 is 1.50 bits per heavy atom. The lowest BCUT2D eigenvalue weighted by molar-refractivity contribution is -0.878. The quantitative estimate of drug-likeness (QED) is 0.334. The molecule has 0 radical (unpaired) electrons. The summed E-state index contributed by atoms with van der Waals surface area (Å²) in [6, 6.07) is 0. The predicted molar refractivity (Wildman–Crippen MR) is 49.5 cm³/mol. The van der Waals surface area contributed by atoms with Gasteiger partial charge < -0.3 is 20.3 Å². The second-order valence-corrected chi connectivity index (χ2v) is 3.69. The summed E-state index contributed by atoms with van der Waals surface area (Å²) >= 11 is 0. The van der Waals surface area contributed by atoms with Gasteiger partial charge in [-0.25, -0.2) is 8.42 Å². The molecular weight excluding hydrogens is 212 g/mol. The van der Waals surface area contributed by atoms with Crippen molar-refractivity contribution in [2.75, 3.05) is 40.4 Å². The Labute approximate surface area is 84.4 Å². The van der Waals surface area contributed by atoms with Crippen LogP contribution in [-0.4, -0.2) is 58.5 Å². The third kappa shape index (κ3) is 17.7. The molecule has 0 aromatic heterocycles. The summed E-state index contributed by atoms with van der Waals surface area (Å²) in [7, 11) is -1.59. The van der Waals surface area contributed by atoms with E-state index in [4.69, 9.17) is 10.8 Å². The number of hydrogen-bond acceptors (Lipinski definition) is 6. The zero-order valence-corrected chi connectivity index (χ0v) is 9.21. The van der Waals surface area contributed by atoms with E-state index in [-0.39, 0.29) is 6.61 Å². The smallest absolute Gasteiger partial charge is 0.217 e. The third-order valence-corrected chi connectivity index (χ3v) is 1.72. The molecule has 0 aliphatic rings. The van der Waals surface area contributed by atoms with Crippen LogP contribution in [0.4, 0.5) is 0 Å². The SMILES string of the molecule is COS(=O)(=O)[O-].C[NH+](CCN)CCO. The molecule has 7 nitrogen and oxygen atoms in total. The molecule has 0 heterocycles. The molecule has 1 unspecified atom stereocenters. The number of rotatable bonds is 5. The average molecular weight is 230 g/mol. The zero-order valence-electron chi connectivity index (χ0n) is 8.39. The first kappa shape index (κ1) is 16.2. The molecule has 88 valence electrons. The van der Waals surface area contributed by atoms with Crippen LogP contribution >= 0.6 is 0 Å². The molecule has 0 aliphatic carbocycles.